The summed E-state index contributed by atoms with van der Waals surface area (Å²) >= 11 is 7.51. The van der Waals surface area contributed by atoms with Gasteiger partial charge in [-0.3, -0.25) is 0 Å². The van der Waals surface area contributed by atoms with E-state index >= 15 is 0 Å². The first-order chi connectivity index (χ1) is 12.6. The average Bonchev–Trinajstić information content (AvgIpc) is 3.14. The molecule has 0 aliphatic carbocycles. The maximum atomic E-state index is 14.6. The van der Waals surface area contributed by atoms with Crippen LogP contribution < -0.4 is 10.2 Å². The van der Waals surface area contributed by atoms with Crippen LogP contribution in [-0.4, -0.2) is 35.6 Å². The van der Waals surface area contributed by atoms with Gasteiger partial charge in [-0.25, -0.2) is 14.4 Å². The Hall–Kier alpha value is -2.27. The molecule has 8 heteroatoms. The van der Waals surface area contributed by atoms with Crippen LogP contribution in [0.2, 0.25) is 5.02 Å². The summed E-state index contributed by atoms with van der Waals surface area (Å²) in [6.45, 7) is 4.28. The van der Waals surface area contributed by atoms with E-state index in [2.05, 4.69) is 33.2 Å². The van der Waals surface area contributed by atoms with Crippen molar-refractivity contribution in [1.29, 1.82) is 5.26 Å². The fraction of sp³-hybridized carbons (Fsp3) is 0.278. The second-order valence-electron chi connectivity index (χ2n) is 6.25. The first-order valence-electron chi connectivity index (χ1n) is 8.18. The molecule has 3 aromatic rings. The summed E-state index contributed by atoms with van der Waals surface area (Å²) in [5.41, 5.74) is 3.94. The summed E-state index contributed by atoms with van der Waals surface area (Å²) < 4.78 is 14.6. The zero-order valence-corrected chi connectivity index (χ0v) is 15.5. The molecule has 1 atom stereocenters. The molecule has 0 unspecified atom stereocenters. The average molecular weight is 388 g/mol. The number of rotatable bonds is 2. The number of benzene rings is 1. The molecule has 1 fully saturated rings. The second kappa shape index (κ2) is 6.80. The molecule has 3 heterocycles. The second-order valence-corrected chi connectivity index (χ2v) is 7.41. The first-order valence-corrected chi connectivity index (χ1v) is 9.50. The summed E-state index contributed by atoms with van der Waals surface area (Å²) in [4.78, 5) is 10.8. The van der Waals surface area contributed by atoms with Crippen LogP contribution in [0.15, 0.2) is 23.0 Å². The van der Waals surface area contributed by atoms with E-state index in [1.54, 1.807) is 11.6 Å². The Balaban J connectivity index is 2.07. The third-order valence-electron chi connectivity index (χ3n) is 4.45. The molecule has 1 aromatic carbocycles. The van der Waals surface area contributed by atoms with Crippen molar-refractivity contribution in [3.05, 3.63) is 39.4 Å². The Bertz CT molecular complexity index is 1010. The minimum absolute atomic E-state index is 0.206. The number of nitrogens with zero attached hydrogens (tertiary/aromatic N) is 4. The minimum atomic E-state index is -0.502. The molecule has 132 valence electrons. The van der Waals surface area contributed by atoms with Crippen molar-refractivity contribution < 1.29 is 4.39 Å². The van der Waals surface area contributed by atoms with Crippen molar-refractivity contribution in [2.45, 2.75) is 13.0 Å². The number of hydrogen-bond acceptors (Lipinski definition) is 6. The molecule has 1 aliphatic heterocycles. The van der Waals surface area contributed by atoms with Crippen molar-refractivity contribution in [2.75, 3.05) is 24.5 Å². The van der Waals surface area contributed by atoms with Gasteiger partial charge in [0.05, 0.1) is 11.2 Å². The van der Waals surface area contributed by atoms with Crippen molar-refractivity contribution in [2.24, 2.45) is 0 Å². The SMILES string of the molecule is C[C@@H]1CN(c2c(C#N)c(-c3cscn3)nc3c(F)cc(Cl)cc23)CCN1. The summed E-state index contributed by atoms with van der Waals surface area (Å²) in [5, 5.41) is 15.9. The smallest absolute Gasteiger partial charge is 0.151 e. The Morgan fingerprint density at radius 1 is 1.46 bits per heavy atom. The van der Waals surface area contributed by atoms with Gasteiger partial charge in [-0.05, 0) is 19.1 Å². The molecule has 5 nitrogen and oxygen atoms in total. The molecule has 0 radical (unpaired) electrons. The third-order valence-corrected chi connectivity index (χ3v) is 5.26. The maximum absolute atomic E-state index is 14.6. The molecule has 0 amide bonds. The van der Waals surface area contributed by atoms with Crippen LogP contribution in [0.25, 0.3) is 22.3 Å². The molecule has 1 N–H and O–H groups in total. The van der Waals surface area contributed by atoms with Gasteiger partial charge in [-0.2, -0.15) is 5.26 Å². The van der Waals surface area contributed by atoms with E-state index < -0.39 is 5.82 Å². The van der Waals surface area contributed by atoms with Gasteiger partial charge >= 0.3 is 0 Å². The number of halogens is 2. The zero-order chi connectivity index (χ0) is 18.3. The van der Waals surface area contributed by atoms with Crippen molar-refractivity contribution in [3.63, 3.8) is 0 Å². The lowest BCUT2D eigenvalue weighted by Gasteiger charge is -2.35. The van der Waals surface area contributed by atoms with Crippen LogP contribution in [-0.2, 0) is 0 Å². The fourth-order valence-electron chi connectivity index (χ4n) is 3.36. The Morgan fingerprint density at radius 3 is 3.00 bits per heavy atom. The number of fused-ring (bicyclic) bond motifs is 1. The molecule has 1 saturated heterocycles. The largest absolute Gasteiger partial charge is 0.367 e. The van der Waals surface area contributed by atoms with Gasteiger partial charge in [0.1, 0.15) is 28.5 Å². The Kier molecular flexibility index (Phi) is 4.49. The van der Waals surface area contributed by atoms with E-state index in [4.69, 9.17) is 11.6 Å². The summed E-state index contributed by atoms with van der Waals surface area (Å²) in [5.74, 6) is -0.502. The Labute approximate surface area is 159 Å². The standard InChI is InChI=1S/C18H15ClFN5S/c1-10-7-25(3-2-22-10)18-12-4-11(19)5-14(20)16(12)24-17(13(18)6-21)15-8-26-9-23-15/h4-5,8-10,22H,2-3,7H2,1H3/t10-/m1/s1. The van der Waals surface area contributed by atoms with Crippen LogP contribution in [0.3, 0.4) is 0 Å². The minimum Gasteiger partial charge on any atom is -0.367 e. The van der Waals surface area contributed by atoms with Crippen LogP contribution in [0.1, 0.15) is 12.5 Å². The molecular formula is C18H15ClFN5S. The molecule has 4 rings (SSSR count). The van der Waals surface area contributed by atoms with Gasteiger partial charge in [0.25, 0.3) is 0 Å². The van der Waals surface area contributed by atoms with E-state index in [1.165, 1.54) is 17.4 Å². The highest BCUT2D eigenvalue weighted by Gasteiger charge is 2.26. The van der Waals surface area contributed by atoms with E-state index in [0.29, 0.717) is 41.1 Å². The van der Waals surface area contributed by atoms with E-state index in [-0.39, 0.29) is 16.6 Å². The molecule has 0 bridgehead atoms. The van der Waals surface area contributed by atoms with E-state index in [0.717, 1.165) is 6.54 Å². The van der Waals surface area contributed by atoms with Gasteiger partial charge in [-0.1, -0.05) is 11.6 Å². The van der Waals surface area contributed by atoms with Crippen LogP contribution >= 0.6 is 22.9 Å². The summed E-state index contributed by atoms with van der Waals surface area (Å²) in [7, 11) is 0. The van der Waals surface area contributed by atoms with Crippen LogP contribution in [0.5, 0.6) is 0 Å². The lowest BCUT2D eigenvalue weighted by molar-refractivity contribution is 0.485. The number of piperazine rings is 1. The molecular weight excluding hydrogens is 373 g/mol. The molecule has 0 spiro atoms. The van der Waals surface area contributed by atoms with Crippen molar-refractivity contribution in [1.82, 2.24) is 15.3 Å². The first kappa shape index (κ1) is 17.2. The number of nitriles is 1. The van der Waals surface area contributed by atoms with Gasteiger partial charge in [0, 0.05) is 41.5 Å². The zero-order valence-electron chi connectivity index (χ0n) is 14.0. The number of pyridine rings is 1. The highest BCUT2D eigenvalue weighted by molar-refractivity contribution is 7.07. The number of nitrogens with one attached hydrogen (secondary N) is 1. The lowest BCUT2D eigenvalue weighted by Crippen LogP contribution is -2.49. The van der Waals surface area contributed by atoms with Gasteiger partial charge < -0.3 is 10.2 Å². The highest BCUT2D eigenvalue weighted by atomic mass is 35.5. The lowest BCUT2D eigenvalue weighted by atomic mass is 10.0. The van der Waals surface area contributed by atoms with Crippen LogP contribution in [0, 0.1) is 17.1 Å². The highest BCUT2D eigenvalue weighted by Crippen LogP contribution is 2.38. The maximum Gasteiger partial charge on any atom is 0.151 e. The van der Waals surface area contributed by atoms with Gasteiger partial charge in [0.2, 0.25) is 0 Å². The summed E-state index contributed by atoms with van der Waals surface area (Å²) in [6, 6.07) is 5.45. The molecule has 0 saturated carbocycles. The number of thiazole rings is 1. The van der Waals surface area contributed by atoms with Gasteiger partial charge in [-0.15, -0.1) is 11.3 Å². The number of aromatic nitrogens is 2. The predicted molar refractivity (Wildman–Crippen MR) is 102 cm³/mol. The predicted octanol–water partition coefficient (Wildman–Crippen LogP) is 3.82. The normalized spacial score (nSPS) is 17.5. The molecule has 2 aromatic heterocycles. The topological polar surface area (TPSA) is 64.8 Å². The van der Waals surface area contributed by atoms with Gasteiger partial charge in [0.15, 0.2) is 5.82 Å². The van der Waals surface area contributed by atoms with Crippen molar-refractivity contribution >= 4 is 39.5 Å². The monoisotopic (exact) mass is 387 g/mol. The van der Waals surface area contributed by atoms with E-state index in [1.807, 2.05) is 5.38 Å². The molecule has 1 aliphatic rings. The quantitative estimate of drug-likeness (QED) is 0.724. The molecule has 26 heavy (non-hydrogen) atoms. The third kappa shape index (κ3) is 2.90. The Morgan fingerprint density at radius 2 is 2.31 bits per heavy atom. The van der Waals surface area contributed by atoms with Crippen LogP contribution in [0.4, 0.5) is 10.1 Å². The fourth-order valence-corrected chi connectivity index (χ4v) is 4.10. The number of anilines is 1. The summed E-state index contributed by atoms with van der Waals surface area (Å²) in [6.07, 6.45) is 0. The van der Waals surface area contributed by atoms with Crippen molar-refractivity contribution in [3.8, 4) is 17.5 Å². The van der Waals surface area contributed by atoms with E-state index in [9.17, 15) is 9.65 Å². The number of hydrogen-bond donors (Lipinski definition) is 1.